The SMILES string of the molecule is CC1CCCC(CN)(C2(O)CC(C)(C)OC2(C)C)C1. The fraction of sp³-hybridized carbons (Fsp3) is 1.00. The molecule has 0 bridgehead atoms. The van der Waals surface area contributed by atoms with Crippen molar-refractivity contribution in [1.29, 1.82) is 0 Å². The van der Waals surface area contributed by atoms with Gasteiger partial charge < -0.3 is 15.6 Å². The van der Waals surface area contributed by atoms with E-state index in [-0.39, 0.29) is 11.0 Å². The highest BCUT2D eigenvalue weighted by Crippen LogP contribution is 2.58. The lowest BCUT2D eigenvalue weighted by molar-refractivity contribution is -0.189. The van der Waals surface area contributed by atoms with Gasteiger partial charge in [0.2, 0.25) is 0 Å². The molecular weight excluding hydrogens is 238 g/mol. The van der Waals surface area contributed by atoms with Crippen LogP contribution >= 0.6 is 0 Å². The third kappa shape index (κ3) is 2.24. The number of rotatable bonds is 2. The molecule has 0 radical (unpaired) electrons. The molecule has 0 aromatic rings. The first-order valence-electron chi connectivity index (χ1n) is 7.70. The molecule has 1 aliphatic carbocycles. The van der Waals surface area contributed by atoms with Gasteiger partial charge in [-0.3, -0.25) is 0 Å². The van der Waals surface area contributed by atoms with E-state index in [4.69, 9.17) is 10.5 Å². The fourth-order valence-electron chi connectivity index (χ4n) is 4.86. The summed E-state index contributed by atoms with van der Waals surface area (Å²) in [6, 6.07) is 0. The molecule has 1 heterocycles. The molecule has 3 nitrogen and oxygen atoms in total. The van der Waals surface area contributed by atoms with Crippen molar-refractivity contribution in [3.8, 4) is 0 Å². The number of ether oxygens (including phenoxy) is 1. The largest absolute Gasteiger partial charge is 0.386 e. The maximum atomic E-state index is 11.5. The number of hydrogen-bond donors (Lipinski definition) is 2. The van der Waals surface area contributed by atoms with Crippen LogP contribution in [0.25, 0.3) is 0 Å². The predicted octanol–water partition coefficient (Wildman–Crippen LogP) is 2.85. The third-order valence-electron chi connectivity index (χ3n) is 5.57. The lowest BCUT2D eigenvalue weighted by Gasteiger charge is -2.53. The molecule has 1 aliphatic heterocycles. The standard InChI is InChI=1S/C16H31NO2/c1-12-7-6-8-15(9-12,11-17)16(18)10-13(2,3)19-14(16,4)5/h12,18H,6-11,17H2,1-5H3. The molecule has 3 atom stereocenters. The molecule has 1 saturated carbocycles. The first-order chi connectivity index (χ1) is 8.58. The van der Waals surface area contributed by atoms with Gasteiger partial charge >= 0.3 is 0 Å². The van der Waals surface area contributed by atoms with Crippen LogP contribution in [0.2, 0.25) is 0 Å². The van der Waals surface area contributed by atoms with Crippen molar-refractivity contribution in [2.45, 2.75) is 83.5 Å². The highest BCUT2D eigenvalue weighted by molar-refractivity contribution is 5.16. The van der Waals surface area contributed by atoms with Crippen molar-refractivity contribution in [3.63, 3.8) is 0 Å². The third-order valence-corrected chi connectivity index (χ3v) is 5.57. The Kier molecular flexibility index (Phi) is 3.57. The predicted molar refractivity (Wildman–Crippen MR) is 77.9 cm³/mol. The summed E-state index contributed by atoms with van der Waals surface area (Å²) < 4.78 is 6.16. The first kappa shape index (κ1) is 15.3. The lowest BCUT2D eigenvalue weighted by Crippen LogP contribution is -2.62. The summed E-state index contributed by atoms with van der Waals surface area (Å²) in [4.78, 5) is 0. The summed E-state index contributed by atoms with van der Waals surface area (Å²) in [5.74, 6) is 0.640. The van der Waals surface area contributed by atoms with Gasteiger partial charge in [0.25, 0.3) is 0 Å². The zero-order valence-corrected chi connectivity index (χ0v) is 13.3. The van der Waals surface area contributed by atoms with Gasteiger partial charge in [0.1, 0.15) is 5.60 Å². The number of aliphatic hydroxyl groups is 1. The molecule has 0 amide bonds. The van der Waals surface area contributed by atoms with Gasteiger partial charge in [0.15, 0.2) is 0 Å². The minimum Gasteiger partial charge on any atom is -0.386 e. The van der Waals surface area contributed by atoms with E-state index in [1.54, 1.807) is 0 Å². The van der Waals surface area contributed by atoms with E-state index in [0.29, 0.717) is 18.9 Å². The van der Waals surface area contributed by atoms with Crippen LogP contribution in [-0.2, 0) is 4.74 Å². The van der Waals surface area contributed by atoms with Crippen LogP contribution in [0.3, 0.4) is 0 Å². The Hall–Kier alpha value is -0.120. The average Bonchev–Trinajstić information content (AvgIpc) is 2.43. The zero-order valence-electron chi connectivity index (χ0n) is 13.3. The van der Waals surface area contributed by atoms with Crippen LogP contribution in [0, 0.1) is 11.3 Å². The Bertz CT molecular complexity index is 353. The van der Waals surface area contributed by atoms with E-state index in [2.05, 4.69) is 20.8 Å². The molecule has 0 aromatic carbocycles. The van der Waals surface area contributed by atoms with Gasteiger partial charge in [-0.15, -0.1) is 0 Å². The van der Waals surface area contributed by atoms with Gasteiger partial charge in [-0.05, 0) is 46.5 Å². The lowest BCUT2D eigenvalue weighted by atomic mass is 9.55. The minimum atomic E-state index is -0.826. The van der Waals surface area contributed by atoms with Crippen LogP contribution in [-0.4, -0.2) is 28.5 Å². The summed E-state index contributed by atoms with van der Waals surface area (Å²) >= 11 is 0. The molecule has 3 heteroatoms. The van der Waals surface area contributed by atoms with Crippen molar-refractivity contribution < 1.29 is 9.84 Å². The smallest absolute Gasteiger partial charge is 0.103 e. The highest BCUT2D eigenvalue weighted by Gasteiger charge is 2.65. The van der Waals surface area contributed by atoms with Crippen molar-refractivity contribution in [2.24, 2.45) is 17.1 Å². The molecule has 0 aromatic heterocycles. The van der Waals surface area contributed by atoms with E-state index in [0.717, 1.165) is 19.3 Å². The Balaban J connectivity index is 2.41. The van der Waals surface area contributed by atoms with Crippen LogP contribution in [0.1, 0.15) is 66.7 Å². The van der Waals surface area contributed by atoms with Gasteiger partial charge in [0, 0.05) is 18.4 Å². The minimum absolute atomic E-state index is 0.193. The average molecular weight is 269 g/mol. The van der Waals surface area contributed by atoms with Crippen LogP contribution in [0.5, 0.6) is 0 Å². The quantitative estimate of drug-likeness (QED) is 0.810. The van der Waals surface area contributed by atoms with Crippen LogP contribution < -0.4 is 5.73 Å². The number of hydrogen-bond acceptors (Lipinski definition) is 3. The Morgan fingerprint density at radius 1 is 1.26 bits per heavy atom. The molecule has 2 rings (SSSR count). The summed E-state index contributed by atoms with van der Waals surface area (Å²) in [5, 5.41) is 11.5. The van der Waals surface area contributed by atoms with Crippen molar-refractivity contribution >= 4 is 0 Å². The van der Waals surface area contributed by atoms with E-state index in [9.17, 15) is 5.11 Å². The van der Waals surface area contributed by atoms with Gasteiger partial charge in [-0.1, -0.05) is 19.8 Å². The first-order valence-corrected chi connectivity index (χ1v) is 7.70. The van der Waals surface area contributed by atoms with E-state index in [1.165, 1.54) is 6.42 Å². The maximum Gasteiger partial charge on any atom is 0.103 e. The van der Waals surface area contributed by atoms with Crippen molar-refractivity contribution in [1.82, 2.24) is 0 Å². The second kappa shape index (κ2) is 4.44. The summed E-state index contributed by atoms with van der Waals surface area (Å²) in [6.07, 6.45) is 5.13. The van der Waals surface area contributed by atoms with Gasteiger partial charge in [-0.2, -0.15) is 0 Å². The summed E-state index contributed by atoms with van der Waals surface area (Å²) in [5.41, 5.74) is 4.33. The molecule has 3 unspecified atom stereocenters. The molecule has 0 spiro atoms. The Labute approximate surface area is 117 Å². The van der Waals surface area contributed by atoms with Gasteiger partial charge in [-0.25, -0.2) is 0 Å². The number of nitrogens with two attached hydrogens (primary N) is 1. The highest BCUT2D eigenvalue weighted by atomic mass is 16.5. The van der Waals surface area contributed by atoms with Crippen molar-refractivity contribution in [2.75, 3.05) is 6.54 Å². The monoisotopic (exact) mass is 269 g/mol. The summed E-state index contributed by atoms with van der Waals surface area (Å²) in [7, 11) is 0. The molecule has 19 heavy (non-hydrogen) atoms. The normalized spacial score (nSPS) is 45.3. The second-order valence-corrected chi connectivity index (χ2v) is 8.10. The van der Waals surface area contributed by atoms with Crippen LogP contribution in [0.15, 0.2) is 0 Å². The molecule has 3 N–H and O–H groups in total. The zero-order chi connectivity index (χ0) is 14.5. The van der Waals surface area contributed by atoms with E-state index < -0.39 is 11.2 Å². The fourth-order valence-corrected chi connectivity index (χ4v) is 4.86. The topological polar surface area (TPSA) is 55.5 Å². The van der Waals surface area contributed by atoms with Crippen molar-refractivity contribution in [3.05, 3.63) is 0 Å². The van der Waals surface area contributed by atoms with Crippen LogP contribution in [0.4, 0.5) is 0 Å². The molecule has 112 valence electrons. The Morgan fingerprint density at radius 3 is 2.32 bits per heavy atom. The molecular formula is C16H31NO2. The van der Waals surface area contributed by atoms with E-state index >= 15 is 0 Å². The summed E-state index contributed by atoms with van der Waals surface area (Å²) in [6.45, 7) is 11.0. The Morgan fingerprint density at radius 2 is 1.89 bits per heavy atom. The molecule has 1 saturated heterocycles. The maximum absolute atomic E-state index is 11.5. The van der Waals surface area contributed by atoms with Gasteiger partial charge in [0.05, 0.1) is 11.2 Å². The van der Waals surface area contributed by atoms with E-state index in [1.807, 2.05) is 13.8 Å². The molecule has 2 fully saturated rings. The molecule has 2 aliphatic rings. The second-order valence-electron chi connectivity index (χ2n) is 8.10.